The number of amides is 1. The monoisotopic (exact) mass is 390 g/mol. The molecule has 98 valence electrons. The van der Waals surface area contributed by atoms with Crippen molar-refractivity contribution in [2.24, 2.45) is 0 Å². The Hall–Kier alpha value is -1.34. The zero-order valence-electron chi connectivity index (χ0n) is 9.25. The van der Waals surface area contributed by atoms with Crippen LogP contribution in [0, 0.1) is 11.9 Å². The zero-order chi connectivity index (χ0) is 14.0. The molecule has 1 N–H and O–H groups in total. The van der Waals surface area contributed by atoms with Crippen molar-refractivity contribution in [3.05, 3.63) is 56.7 Å². The fourth-order valence-corrected chi connectivity index (χ4v) is 2.60. The van der Waals surface area contributed by atoms with Crippen LogP contribution in [0.4, 0.5) is 14.5 Å². The van der Waals surface area contributed by atoms with Crippen LogP contribution in [-0.4, -0.2) is 10.9 Å². The first-order valence-corrected chi connectivity index (χ1v) is 6.64. The third-order valence-corrected chi connectivity index (χ3v) is 3.39. The highest BCUT2D eigenvalue weighted by atomic mass is 79.9. The SMILES string of the molecule is O=C(Nc1ccc(F)nc1F)c1ccc(Br)cc1Br. The van der Waals surface area contributed by atoms with Crippen LogP contribution in [0.5, 0.6) is 0 Å². The van der Waals surface area contributed by atoms with Gasteiger partial charge in [0.15, 0.2) is 0 Å². The summed E-state index contributed by atoms with van der Waals surface area (Å²) in [6, 6.07) is 7.02. The van der Waals surface area contributed by atoms with Crippen molar-refractivity contribution in [2.75, 3.05) is 5.32 Å². The molecule has 1 aromatic heterocycles. The Kier molecular flexibility index (Phi) is 4.26. The van der Waals surface area contributed by atoms with Gasteiger partial charge in [-0.15, -0.1) is 0 Å². The van der Waals surface area contributed by atoms with Gasteiger partial charge in [0.25, 0.3) is 5.91 Å². The number of hydrogen-bond donors (Lipinski definition) is 1. The molecule has 0 bridgehead atoms. The van der Waals surface area contributed by atoms with E-state index in [-0.39, 0.29) is 5.69 Å². The zero-order valence-corrected chi connectivity index (χ0v) is 12.4. The average Bonchev–Trinajstić information content (AvgIpc) is 2.32. The molecule has 0 unspecified atom stereocenters. The summed E-state index contributed by atoms with van der Waals surface area (Å²) in [7, 11) is 0. The van der Waals surface area contributed by atoms with Crippen molar-refractivity contribution in [3.63, 3.8) is 0 Å². The molecule has 0 aliphatic rings. The third kappa shape index (κ3) is 3.36. The molecule has 7 heteroatoms. The summed E-state index contributed by atoms with van der Waals surface area (Å²) in [5.41, 5.74) is 0.146. The molecule has 2 rings (SSSR count). The van der Waals surface area contributed by atoms with E-state index in [1.807, 2.05) is 0 Å². The number of carbonyl (C=O) groups excluding carboxylic acids is 1. The molecule has 0 atom stereocenters. The van der Waals surface area contributed by atoms with E-state index < -0.39 is 17.8 Å². The standard InChI is InChI=1S/C12H6Br2F2N2O/c13-6-1-2-7(8(14)5-6)12(19)17-9-3-4-10(15)18-11(9)16/h1-5H,(H,17,19). The molecule has 0 radical (unpaired) electrons. The van der Waals surface area contributed by atoms with E-state index in [1.54, 1.807) is 18.2 Å². The lowest BCUT2D eigenvalue weighted by molar-refractivity contribution is 0.102. The van der Waals surface area contributed by atoms with Crippen molar-refractivity contribution in [2.45, 2.75) is 0 Å². The maximum absolute atomic E-state index is 13.3. The van der Waals surface area contributed by atoms with Crippen LogP contribution in [0.25, 0.3) is 0 Å². The largest absolute Gasteiger partial charge is 0.318 e. The maximum atomic E-state index is 13.3. The van der Waals surface area contributed by atoms with E-state index in [0.717, 1.165) is 16.6 Å². The van der Waals surface area contributed by atoms with Gasteiger partial charge in [-0.1, -0.05) is 15.9 Å². The molecule has 2 aromatic rings. The molecule has 19 heavy (non-hydrogen) atoms. The van der Waals surface area contributed by atoms with Crippen LogP contribution < -0.4 is 5.32 Å². The molecular weight excluding hydrogens is 386 g/mol. The average molecular weight is 392 g/mol. The number of aromatic nitrogens is 1. The highest BCUT2D eigenvalue weighted by Crippen LogP contribution is 2.23. The molecule has 1 aromatic carbocycles. The number of nitrogens with one attached hydrogen (secondary N) is 1. The Morgan fingerprint density at radius 3 is 2.53 bits per heavy atom. The van der Waals surface area contributed by atoms with E-state index in [1.165, 1.54) is 0 Å². The lowest BCUT2D eigenvalue weighted by atomic mass is 10.2. The maximum Gasteiger partial charge on any atom is 0.256 e. The minimum absolute atomic E-state index is 0.179. The van der Waals surface area contributed by atoms with Crippen LogP contribution in [0.3, 0.4) is 0 Å². The number of carbonyl (C=O) groups is 1. The van der Waals surface area contributed by atoms with Gasteiger partial charge >= 0.3 is 0 Å². The van der Waals surface area contributed by atoms with E-state index >= 15 is 0 Å². The molecule has 1 amide bonds. The fraction of sp³-hybridized carbons (Fsp3) is 0. The van der Waals surface area contributed by atoms with Gasteiger partial charge in [-0.05, 0) is 46.3 Å². The number of pyridine rings is 1. The first-order chi connectivity index (χ1) is 8.97. The summed E-state index contributed by atoms with van der Waals surface area (Å²) in [6.07, 6.45) is 0. The van der Waals surface area contributed by atoms with Crippen LogP contribution in [0.2, 0.25) is 0 Å². The summed E-state index contributed by atoms with van der Waals surface area (Å²) in [5, 5.41) is 2.33. The molecule has 0 aliphatic heterocycles. The smallest absolute Gasteiger partial charge is 0.256 e. The van der Waals surface area contributed by atoms with Gasteiger partial charge in [0.1, 0.15) is 0 Å². The number of hydrogen-bond acceptors (Lipinski definition) is 2. The first-order valence-electron chi connectivity index (χ1n) is 5.06. The highest BCUT2D eigenvalue weighted by Gasteiger charge is 2.13. The predicted molar refractivity (Wildman–Crippen MR) is 73.9 cm³/mol. The second-order valence-corrected chi connectivity index (χ2v) is 5.32. The Morgan fingerprint density at radius 2 is 1.89 bits per heavy atom. The molecule has 3 nitrogen and oxygen atoms in total. The number of halogens is 4. The Morgan fingerprint density at radius 1 is 1.16 bits per heavy atom. The van der Waals surface area contributed by atoms with E-state index in [9.17, 15) is 13.6 Å². The summed E-state index contributed by atoms with van der Waals surface area (Å²) in [4.78, 5) is 14.9. The number of rotatable bonds is 2. The summed E-state index contributed by atoms with van der Waals surface area (Å²) < 4.78 is 27.3. The van der Waals surface area contributed by atoms with Gasteiger partial charge < -0.3 is 5.32 Å². The van der Waals surface area contributed by atoms with Gasteiger partial charge in [0.2, 0.25) is 11.9 Å². The molecule has 0 saturated carbocycles. The van der Waals surface area contributed by atoms with Gasteiger partial charge in [-0.2, -0.15) is 13.8 Å². The van der Waals surface area contributed by atoms with E-state index in [0.29, 0.717) is 10.0 Å². The van der Waals surface area contributed by atoms with E-state index in [2.05, 4.69) is 42.2 Å². The molecule has 0 spiro atoms. The van der Waals surface area contributed by atoms with Crippen LogP contribution in [-0.2, 0) is 0 Å². The number of anilines is 1. The highest BCUT2D eigenvalue weighted by molar-refractivity contribution is 9.11. The van der Waals surface area contributed by atoms with Crippen molar-refractivity contribution in [1.82, 2.24) is 4.98 Å². The van der Waals surface area contributed by atoms with Crippen LogP contribution in [0.15, 0.2) is 39.3 Å². The number of benzene rings is 1. The normalized spacial score (nSPS) is 10.3. The van der Waals surface area contributed by atoms with Crippen LogP contribution in [0.1, 0.15) is 10.4 Å². The molecular formula is C12H6Br2F2N2O. The summed E-state index contributed by atoms with van der Waals surface area (Å²) >= 11 is 6.49. The Labute approximate surface area is 124 Å². The van der Waals surface area contributed by atoms with Gasteiger partial charge in [-0.25, -0.2) is 0 Å². The van der Waals surface area contributed by atoms with Crippen molar-refractivity contribution in [1.29, 1.82) is 0 Å². The van der Waals surface area contributed by atoms with Gasteiger partial charge in [0.05, 0.1) is 11.3 Å². The molecule has 0 saturated heterocycles. The first kappa shape index (κ1) is 14.1. The van der Waals surface area contributed by atoms with Gasteiger partial charge in [0, 0.05) is 8.95 Å². The third-order valence-electron chi connectivity index (χ3n) is 2.24. The lowest BCUT2D eigenvalue weighted by Crippen LogP contribution is -2.14. The molecule has 0 aliphatic carbocycles. The van der Waals surface area contributed by atoms with Crippen molar-refractivity contribution in [3.8, 4) is 0 Å². The second kappa shape index (κ2) is 5.75. The summed E-state index contributed by atoms with van der Waals surface area (Å²) in [5.74, 6) is -2.53. The van der Waals surface area contributed by atoms with Gasteiger partial charge in [-0.3, -0.25) is 4.79 Å². The quantitative estimate of drug-likeness (QED) is 0.782. The van der Waals surface area contributed by atoms with Crippen LogP contribution >= 0.6 is 31.9 Å². The van der Waals surface area contributed by atoms with Crippen molar-refractivity contribution < 1.29 is 13.6 Å². The fourth-order valence-electron chi connectivity index (χ4n) is 1.37. The lowest BCUT2D eigenvalue weighted by Gasteiger charge is -2.07. The minimum atomic E-state index is -1.07. The molecule has 1 heterocycles. The minimum Gasteiger partial charge on any atom is -0.318 e. The Balaban J connectivity index is 2.25. The predicted octanol–water partition coefficient (Wildman–Crippen LogP) is 4.14. The second-order valence-electron chi connectivity index (χ2n) is 3.55. The topological polar surface area (TPSA) is 42.0 Å². The number of nitrogens with zero attached hydrogens (tertiary/aromatic N) is 1. The van der Waals surface area contributed by atoms with Crippen molar-refractivity contribution >= 4 is 43.5 Å². The Bertz CT molecular complexity index is 650. The summed E-state index contributed by atoms with van der Waals surface area (Å²) in [6.45, 7) is 0. The molecule has 0 fully saturated rings. The van der Waals surface area contributed by atoms with E-state index in [4.69, 9.17) is 0 Å².